The lowest BCUT2D eigenvalue weighted by Crippen LogP contribution is -2.50. The summed E-state index contributed by atoms with van der Waals surface area (Å²) < 4.78 is 0. The molecule has 0 aromatic heterocycles. The Bertz CT molecular complexity index is 305. The van der Waals surface area contributed by atoms with Gasteiger partial charge >= 0.3 is 6.03 Å². The first-order valence-electron chi connectivity index (χ1n) is 7.15. The van der Waals surface area contributed by atoms with E-state index in [1.165, 1.54) is 0 Å². The summed E-state index contributed by atoms with van der Waals surface area (Å²) in [4.78, 5) is 27.7. The summed E-state index contributed by atoms with van der Waals surface area (Å²) in [5.74, 6) is -0.0812. The maximum Gasteiger partial charge on any atom is 0.320 e. The maximum absolute atomic E-state index is 12.2. The summed E-state index contributed by atoms with van der Waals surface area (Å²) in [5.41, 5.74) is 5.37. The van der Waals surface area contributed by atoms with Crippen LogP contribution >= 0.6 is 0 Å². The average molecular weight is 270 g/mol. The Kier molecular flexibility index (Phi) is 6.62. The number of nitrogens with zero attached hydrogens (tertiary/aromatic N) is 2. The molecule has 1 rings (SSSR count). The number of hydrogen-bond donors (Lipinski definition) is 2. The van der Waals surface area contributed by atoms with Crippen LogP contribution in [0.5, 0.6) is 0 Å². The number of nitrogens with one attached hydrogen (secondary N) is 1. The minimum atomic E-state index is -0.0974. The van der Waals surface area contributed by atoms with Crippen LogP contribution in [0.3, 0.4) is 0 Å². The first-order chi connectivity index (χ1) is 9.13. The third-order valence-electron chi connectivity index (χ3n) is 3.54. The van der Waals surface area contributed by atoms with Crippen molar-refractivity contribution in [3.63, 3.8) is 0 Å². The van der Waals surface area contributed by atoms with Crippen molar-refractivity contribution in [3.8, 4) is 0 Å². The summed E-state index contributed by atoms with van der Waals surface area (Å²) in [6.45, 7) is 7.56. The van der Waals surface area contributed by atoms with Crippen molar-refractivity contribution in [3.05, 3.63) is 0 Å². The molecule has 6 heteroatoms. The predicted octanol–water partition coefficient (Wildman–Crippen LogP) is 0.235. The molecule has 1 fully saturated rings. The lowest BCUT2D eigenvalue weighted by Gasteiger charge is -2.35. The number of likely N-dealkylation sites (tertiary alicyclic amines) is 1. The molecule has 6 nitrogen and oxygen atoms in total. The summed E-state index contributed by atoms with van der Waals surface area (Å²) in [5, 5.41) is 2.80. The van der Waals surface area contributed by atoms with Crippen molar-refractivity contribution in [1.29, 1.82) is 0 Å². The van der Waals surface area contributed by atoms with Crippen LogP contribution < -0.4 is 11.1 Å². The van der Waals surface area contributed by atoms with Crippen LogP contribution in [0.25, 0.3) is 0 Å². The Labute approximate surface area is 115 Å². The van der Waals surface area contributed by atoms with Gasteiger partial charge in [-0.3, -0.25) is 4.79 Å². The van der Waals surface area contributed by atoms with Gasteiger partial charge in [0.15, 0.2) is 0 Å². The lowest BCUT2D eigenvalue weighted by atomic mass is 9.97. The zero-order valence-corrected chi connectivity index (χ0v) is 12.0. The Balaban J connectivity index is 2.54. The minimum absolute atomic E-state index is 0.0162. The molecule has 1 aliphatic heterocycles. The van der Waals surface area contributed by atoms with Gasteiger partial charge in [-0.05, 0) is 26.7 Å². The van der Waals surface area contributed by atoms with Gasteiger partial charge < -0.3 is 20.9 Å². The first-order valence-corrected chi connectivity index (χ1v) is 7.15. The van der Waals surface area contributed by atoms with Crippen LogP contribution in [-0.4, -0.2) is 61.0 Å². The second-order valence-electron chi connectivity index (χ2n) is 4.82. The number of nitrogens with two attached hydrogens (primary N) is 1. The van der Waals surface area contributed by atoms with E-state index in [4.69, 9.17) is 5.73 Å². The number of amides is 3. The number of piperidine rings is 1. The molecule has 1 aliphatic rings. The Morgan fingerprint density at radius 2 is 2.05 bits per heavy atom. The van der Waals surface area contributed by atoms with Crippen LogP contribution in [0.4, 0.5) is 4.79 Å². The molecule has 3 N–H and O–H groups in total. The van der Waals surface area contributed by atoms with Crippen LogP contribution in [0.15, 0.2) is 0 Å². The molecule has 1 atom stereocenters. The molecule has 110 valence electrons. The van der Waals surface area contributed by atoms with E-state index in [1.54, 1.807) is 9.80 Å². The third kappa shape index (κ3) is 4.38. The normalized spacial score (nSPS) is 19.1. The van der Waals surface area contributed by atoms with Gasteiger partial charge in [0, 0.05) is 39.3 Å². The highest BCUT2D eigenvalue weighted by Crippen LogP contribution is 2.18. The highest BCUT2D eigenvalue weighted by molar-refractivity contribution is 5.80. The van der Waals surface area contributed by atoms with E-state index in [2.05, 4.69) is 5.32 Å². The number of rotatable bonds is 5. The molecular weight excluding hydrogens is 244 g/mol. The number of hydrogen-bond acceptors (Lipinski definition) is 3. The molecule has 1 saturated heterocycles. The van der Waals surface area contributed by atoms with Crippen molar-refractivity contribution < 1.29 is 9.59 Å². The van der Waals surface area contributed by atoms with E-state index in [1.807, 2.05) is 13.8 Å². The second-order valence-corrected chi connectivity index (χ2v) is 4.82. The van der Waals surface area contributed by atoms with Crippen molar-refractivity contribution >= 4 is 11.9 Å². The van der Waals surface area contributed by atoms with E-state index >= 15 is 0 Å². The van der Waals surface area contributed by atoms with Crippen molar-refractivity contribution in [2.45, 2.75) is 26.7 Å². The van der Waals surface area contributed by atoms with Gasteiger partial charge in [-0.2, -0.15) is 0 Å². The van der Waals surface area contributed by atoms with Crippen molar-refractivity contribution in [2.24, 2.45) is 11.7 Å². The largest absolute Gasteiger partial charge is 0.355 e. The van der Waals surface area contributed by atoms with Gasteiger partial charge in [-0.25, -0.2) is 4.79 Å². The Morgan fingerprint density at radius 1 is 1.37 bits per heavy atom. The fraction of sp³-hybridized carbons (Fsp3) is 0.846. The van der Waals surface area contributed by atoms with Crippen molar-refractivity contribution in [1.82, 2.24) is 15.1 Å². The zero-order valence-electron chi connectivity index (χ0n) is 12.0. The van der Waals surface area contributed by atoms with Gasteiger partial charge in [0.05, 0.1) is 5.92 Å². The SMILES string of the molecule is CCN(CC)C(=O)N1CCCC(C(=O)NCCN)C1. The lowest BCUT2D eigenvalue weighted by molar-refractivity contribution is -0.126. The first kappa shape index (κ1) is 15.8. The topological polar surface area (TPSA) is 78.7 Å². The highest BCUT2D eigenvalue weighted by atomic mass is 16.2. The molecule has 1 heterocycles. The number of carbonyl (C=O) groups excluding carboxylic acids is 2. The van der Waals surface area contributed by atoms with E-state index in [9.17, 15) is 9.59 Å². The van der Waals surface area contributed by atoms with Gasteiger partial charge in [-0.1, -0.05) is 0 Å². The summed E-state index contributed by atoms with van der Waals surface area (Å²) in [6.07, 6.45) is 1.73. The highest BCUT2D eigenvalue weighted by Gasteiger charge is 2.29. The molecule has 3 amide bonds. The van der Waals surface area contributed by atoms with E-state index in [0.29, 0.717) is 32.7 Å². The smallest absolute Gasteiger partial charge is 0.320 e. The summed E-state index contributed by atoms with van der Waals surface area (Å²) in [6, 6.07) is 0.0429. The Morgan fingerprint density at radius 3 is 2.63 bits per heavy atom. The van der Waals surface area contributed by atoms with Gasteiger partial charge in [0.25, 0.3) is 0 Å². The van der Waals surface area contributed by atoms with Gasteiger partial charge in [0.2, 0.25) is 5.91 Å². The Hall–Kier alpha value is -1.30. The summed E-state index contributed by atoms with van der Waals surface area (Å²) in [7, 11) is 0. The average Bonchev–Trinajstić information content (AvgIpc) is 2.46. The van der Waals surface area contributed by atoms with E-state index < -0.39 is 0 Å². The van der Waals surface area contributed by atoms with E-state index in [0.717, 1.165) is 19.4 Å². The predicted molar refractivity (Wildman–Crippen MR) is 74.7 cm³/mol. The number of carbonyl (C=O) groups is 2. The molecule has 0 radical (unpaired) electrons. The third-order valence-corrected chi connectivity index (χ3v) is 3.54. The zero-order chi connectivity index (χ0) is 14.3. The van der Waals surface area contributed by atoms with Crippen molar-refractivity contribution in [2.75, 3.05) is 39.3 Å². The molecule has 1 unspecified atom stereocenters. The van der Waals surface area contributed by atoms with Crippen LogP contribution in [0.1, 0.15) is 26.7 Å². The molecule has 0 saturated carbocycles. The fourth-order valence-corrected chi connectivity index (χ4v) is 2.40. The van der Waals surface area contributed by atoms with Crippen LogP contribution in [-0.2, 0) is 4.79 Å². The molecule has 0 spiro atoms. The van der Waals surface area contributed by atoms with Gasteiger partial charge in [-0.15, -0.1) is 0 Å². The summed E-state index contributed by atoms with van der Waals surface area (Å²) >= 11 is 0. The fourth-order valence-electron chi connectivity index (χ4n) is 2.40. The van der Waals surface area contributed by atoms with Crippen LogP contribution in [0, 0.1) is 5.92 Å². The molecule has 0 aromatic rings. The number of urea groups is 1. The second kappa shape index (κ2) is 7.99. The maximum atomic E-state index is 12.2. The van der Waals surface area contributed by atoms with Crippen LogP contribution in [0.2, 0.25) is 0 Å². The quantitative estimate of drug-likeness (QED) is 0.751. The minimum Gasteiger partial charge on any atom is -0.355 e. The molecule has 19 heavy (non-hydrogen) atoms. The van der Waals surface area contributed by atoms with Gasteiger partial charge in [0.1, 0.15) is 0 Å². The van der Waals surface area contributed by atoms with E-state index in [-0.39, 0.29) is 17.9 Å². The standard InChI is InChI=1S/C13H26N4O2/c1-3-16(4-2)13(19)17-9-5-6-11(10-17)12(18)15-8-7-14/h11H,3-10,14H2,1-2H3,(H,15,18). The molecule has 0 aliphatic carbocycles. The molecule has 0 aromatic carbocycles. The molecule has 0 bridgehead atoms. The molecular formula is C13H26N4O2. The monoisotopic (exact) mass is 270 g/mol.